The van der Waals surface area contributed by atoms with Gasteiger partial charge in [0.05, 0.1) is 16.8 Å². The van der Waals surface area contributed by atoms with E-state index in [-0.39, 0.29) is 17.3 Å². The molecule has 0 radical (unpaired) electrons. The lowest BCUT2D eigenvalue weighted by Gasteiger charge is -2.24. The lowest BCUT2D eigenvalue weighted by atomic mass is 9.88. The van der Waals surface area contributed by atoms with Gasteiger partial charge in [-0.25, -0.2) is 9.37 Å². The van der Waals surface area contributed by atoms with E-state index in [2.05, 4.69) is 25.8 Å². The van der Waals surface area contributed by atoms with E-state index in [0.717, 1.165) is 16.3 Å². The van der Waals surface area contributed by atoms with Gasteiger partial charge in [-0.1, -0.05) is 32.4 Å². The van der Waals surface area contributed by atoms with Crippen LogP contribution in [-0.4, -0.2) is 4.98 Å². The van der Waals surface area contributed by atoms with Crippen LogP contribution in [0.2, 0.25) is 5.02 Å². The molecular weight excluding hydrogens is 283 g/mol. The van der Waals surface area contributed by atoms with Gasteiger partial charge in [-0.15, -0.1) is 11.3 Å². The first kappa shape index (κ1) is 14.4. The molecule has 0 spiro atoms. The van der Waals surface area contributed by atoms with E-state index >= 15 is 0 Å². The summed E-state index contributed by atoms with van der Waals surface area (Å²) in [5.74, 6) is -0.351. The molecule has 0 saturated carbocycles. The molecule has 0 aliphatic carbocycles. The normalized spacial score (nSPS) is 13.6. The number of rotatable bonds is 2. The Hall–Kier alpha value is -0.970. The molecule has 0 aliphatic rings. The smallest absolute Gasteiger partial charge is 0.124 e. The second kappa shape index (κ2) is 5.19. The first-order valence-electron chi connectivity index (χ1n) is 5.95. The van der Waals surface area contributed by atoms with Gasteiger partial charge in [-0.2, -0.15) is 0 Å². The van der Waals surface area contributed by atoms with Crippen LogP contribution in [0.5, 0.6) is 0 Å². The van der Waals surface area contributed by atoms with Crippen LogP contribution in [0.3, 0.4) is 0 Å². The van der Waals surface area contributed by atoms with Crippen LogP contribution in [-0.2, 0) is 0 Å². The van der Waals surface area contributed by atoms with Gasteiger partial charge in [0.2, 0.25) is 0 Å². The minimum Gasteiger partial charge on any atom is -0.322 e. The zero-order chi connectivity index (χ0) is 14.2. The van der Waals surface area contributed by atoms with E-state index < -0.39 is 0 Å². The molecule has 1 aromatic heterocycles. The van der Waals surface area contributed by atoms with Crippen molar-refractivity contribution in [1.82, 2.24) is 4.98 Å². The molecule has 1 atom stereocenters. The third kappa shape index (κ3) is 3.14. The fraction of sp³-hybridized carbons (Fsp3) is 0.357. The minimum atomic E-state index is -0.351. The summed E-state index contributed by atoms with van der Waals surface area (Å²) in [5.41, 5.74) is 7.60. The number of hydrogen-bond acceptors (Lipinski definition) is 3. The maximum absolute atomic E-state index is 13.0. The Morgan fingerprint density at radius 3 is 2.63 bits per heavy atom. The van der Waals surface area contributed by atoms with Gasteiger partial charge in [0.1, 0.15) is 10.8 Å². The maximum atomic E-state index is 13.0. The van der Waals surface area contributed by atoms with Crippen molar-refractivity contribution < 1.29 is 4.39 Å². The minimum absolute atomic E-state index is 0.0539. The summed E-state index contributed by atoms with van der Waals surface area (Å²) >= 11 is 7.54. The summed E-state index contributed by atoms with van der Waals surface area (Å²) in [6, 6.07) is 4.17. The zero-order valence-corrected chi connectivity index (χ0v) is 12.6. The second-order valence-corrected chi connectivity index (χ2v) is 6.84. The van der Waals surface area contributed by atoms with E-state index in [9.17, 15) is 4.39 Å². The van der Waals surface area contributed by atoms with E-state index in [1.807, 2.05) is 5.38 Å². The summed E-state index contributed by atoms with van der Waals surface area (Å²) < 4.78 is 13.0. The van der Waals surface area contributed by atoms with E-state index in [1.165, 1.54) is 23.5 Å². The lowest BCUT2D eigenvalue weighted by molar-refractivity contribution is 0.326. The molecule has 1 heterocycles. The Bertz CT molecular complexity index is 589. The Morgan fingerprint density at radius 2 is 2.05 bits per heavy atom. The second-order valence-electron chi connectivity index (χ2n) is 5.54. The van der Waals surface area contributed by atoms with Gasteiger partial charge in [-0.05, 0) is 23.6 Å². The Balaban J connectivity index is 2.36. The molecule has 2 rings (SSSR count). The topological polar surface area (TPSA) is 38.9 Å². The van der Waals surface area contributed by atoms with Gasteiger partial charge in [0.15, 0.2) is 0 Å². The number of halogens is 2. The number of benzene rings is 1. The predicted molar refractivity (Wildman–Crippen MR) is 78.9 cm³/mol. The van der Waals surface area contributed by atoms with Crippen LogP contribution in [0, 0.1) is 11.2 Å². The third-order valence-electron chi connectivity index (χ3n) is 2.93. The average Bonchev–Trinajstić information content (AvgIpc) is 2.75. The van der Waals surface area contributed by atoms with Gasteiger partial charge in [-0.3, -0.25) is 0 Å². The van der Waals surface area contributed by atoms with Crippen molar-refractivity contribution in [2.75, 3.05) is 0 Å². The lowest BCUT2D eigenvalue weighted by Crippen LogP contribution is -2.26. The maximum Gasteiger partial charge on any atom is 0.124 e. The van der Waals surface area contributed by atoms with Gasteiger partial charge < -0.3 is 5.73 Å². The number of hydrogen-bond donors (Lipinski definition) is 1. The summed E-state index contributed by atoms with van der Waals surface area (Å²) in [5, 5.41) is 3.13. The average molecular weight is 299 g/mol. The van der Waals surface area contributed by atoms with E-state index in [1.54, 1.807) is 6.07 Å². The van der Waals surface area contributed by atoms with Gasteiger partial charge in [0.25, 0.3) is 0 Å². The SMILES string of the molecule is CC(C)(C)C(N)c1nc(-c2ccc(F)cc2Cl)cs1. The summed E-state index contributed by atoms with van der Waals surface area (Å²) in [6.07, 6.45) is 0. The fourth-order valence-corrected chi connectivity index (χ4v) is 2.95. The molecule has 2 N–H and O–H groups in total. The highest BCUT2D eigenvalue weighted by atomic mass is 35.5. The van der Waals surface area contributed by atoms with Gasteiger partial charge >= 0.3 is 0 Å². The molecule has 2 aromatic rings. The summed E-state index contributed by atoms with van der Waals surface area (Å²) in [4.78, 5) is 4.52. The van der Waals surface area contributed by atoms with Crippen LogP contribution >= 0.6 is 22.9 Å². The van der Waals surface area contributed by atoms with Crippen molar-refractivity contribution in [2.24, 2.45) is 11.1 Å². The predicted octanol–water partition coefficient (Wildman–Crippen LogP) is 4.65. The monoisotopic (exact) mass is 298 g/mol. The fourth-order valence-electron chi connectivity index (χ4n) is 1.62. The van der Waals surface area contributed by atoms with Crippen molar-refractivity contribution in [3.05, 3.63) is 39.4 Å². The Labute approximate surface area is 121 Å². The molecule has 0 aliphatic heterocycles. The highest BCUT2D eigenvalue weighted by Gasteiger charge is 2.25. The molecule has 19 heavy (non-hydrogen) atoms. The molecule has 0 bridgehead atoms. The van der Waals surface area contributed by atoms with Crippen LogP contribution in [0.4, 0.5) is 4.39 Å². The first-order chi connectivity index (χ1) is 8.79. The van der Waals surface area contributed by atoms with Crippen molar-refractivity contribution in [3.8, 4) is 11.3 Å². The largest absolute Gasteiger partial charge is 0.322 e. The number of nitrogens with zero attached hydrogens (tertiary/aromatic N) is 1. The van der Waals surface area contributed by atoms with Crippen LogP contribution in [0.25, 0.3) is 11.3 Å². The summed E-state index contributed by atoms with van der Waals surface area (Å²) in [7, 11) is 0. The number of nitrogens with two attached hydrogens (primary N) is 1. The van der Waals surface area contributed by atoms with Gasteiger partial charge in [0, 0.05) is 10.9 Å². The Kier molecular flexibility index (Phi) is 3.95. The molecule has 2 nitrogen and oxygen atoms in total. The number of aromatic nitrogens is 1. The highest BCUT2D eigenvalue weighted by molar-refractivity contribution is 7.10. The molecule has 0 amide bonds. The van der Waals surface area contributed by atoms with E-state index in [0.29, 0.717) is 5.02 Å². The quantitative estimate of drug-likeness (QED) is 0.876. The molecule has 1 aromatic carbocycles. The molecule has 0 saturated heterocycles. The molecule has 0 fully saturated rings. The van der Waals surface area contributed by atoms with Crippen LogP contribution in [0.15, 0.2) is 23.6 Å². The number of thiazole rings is 1. The van der Waals surface area contributed by atoms with Crippen LogP contribution < -0.4 is 5.73 Å². The standard InChI is InChI=1S/C14H16ClFN2S/c1-14(2,3)12(17)13-18-11(7-19-13)9-5-4-8(16)6-10(9)15/h4-7,12H,17H2,1-3H3. The van der Waals surface area contributed by atoms with Crippen molar-refractivity contribution in [3.63, 3.8) is 0 Å². The molecule has 1 unspecified atom stereocenters. The van der Waals surface area contributed by atoms with E-state index in [4.69, 9.17) is 17.3 Å². The molecule has 102 valence electrons. The van der Waals surface area contributed by atoms with Crippen molar-refractivity contribution in [2.45, 2.75) is 26.8 Å². The highest BCUT2D eigenvalue weighted by Crippen LogP contribution is 2.35. The molecule has 5 heteroatoms. The van der Waals surface area contributed by atoms with Crippen LogP contribution in [0.1, 0.15) is 31.8 Å². The molecular formula is C14H16ClFN2S. The summed E-state index contributed by atoms with van der Waals surface area (Å²) in [6.45, 7) is 6.22. The zero-order valence-electron chi connectivity index (χ0n) is 11.1. The van der Waals surface area contributed by atoms with Crippen molar-refractivity contribution in [1.29, 1.82) is 0 Å². The Morgan fingerprint density at radius 1 is 1.37 bits per heavy atom. The third-order valence-corrected chi connectivity index (χ3v) is 4.17. The first-order valence-corrected chi connectivity index (χ1v) is 7.21. The van der Waals surface area contributed by atoms with Crippen molar-refractivity contribution >= 4 is 22.9 Å².